The third kappa shape index (κ3) is 4.23. The van der Waals surface area contributed by atoms with Gasteiger partial charge in [0.15, 0.2) is 0 Å². The second kappa shape index (κ2) is 8.34. The van der Waals surface area contributed by atoms with Crippen LogP contribution in [0.2, 0.25) is 0 Å². The predicted octanol–water partition coefficient (Wildman–Crippen LogP) is 2.29. The summed E-state index contributed by atoms with van der Waals surface area (Å²) in [5, 5.41) is 2.66. The third-order valence-electron chi connectivity index (χ3n) is 5.19. The number of imidazole rings is 1. The summed E-state index contributed by atoms with van der Waals surface area (Å²) in [6.45, 7) is 0.395. The highest BCUT2D eigenvalue weighted by molar-refractivity contribution is 5.88. The quantitative estimate of drug-likeness (QED) is 0.674. The summed E-state index contributed by atoms with van der Waals surface area (Å²) < 4.78 is 5.99. The fourth-order valence-corrected chi connectivity index (χ4v) is 3.76. The van der Waals surface area contributed by atoms with Crippen molar-refractivity contribution in [1.29, 1.82) is 0 Å². The minimum absolute atomic E-state index is 0.0711. The topological polar surface area (TPSA) is 87.3 Å². The van der Waals surface area contributed by atoms with E-state index in [1.54, 1.807) is 11.9 Å². The Hall–Kier alpha value is -3.35. The van der Waals surface area contributed by atoms with E-state index in [4.69, 9.17) is 4.74 Å². The molecule has 0 spiro atoms. The number of benzene rings is 2. The number of rotatable bonds is 6. The zero-order valence-electron chi connectivity index (χ0n) is 16.3. The van der Waals surface area contributed by atoms with Crippen molar-refractivity contribution in [1.82, 2.24) is 20.2 Å². The number of likely N-dealkylation sites (tertiary alicyclic amines) is 1. The van der Waals surface area contributed by atoms with Crippen LogP contribution in [0.15, 0.2) is 54.6 Å². The molecule has 0 saturated carbocycles. The van der Waals surface area contributed by atoms with Crippen LogP contribution in [0.3, 0.4) is 0 Å². The molecule has 2 N–H and O–H groups in total. The lowest BCUT2D eigenvalue weighted by Gasteiger charge is -2.22. The Morgan fingerprint density at radius 1 is 1.17 bits per heavy atom. The van der Waals surface area contributed by atoms with E-state index < -0.39 is 6.04 Å². The van der Waals surface area contributed by atoms with Gasteiger partial charge in [0.05, 0.1) is 17.6 Å². The van der Waals surface area contributed by atoms with Crippen molar-refractivity contribution in [3.05, 3.63) is 60.4 Å². The van der Waals surface area contributed by atoms with Gasteiger partial charge in [-0.15, -0.1) is 0 Å². The number of carbonyl (C=O) groups excluding carboxylic acids is 2. The molecule has 150 valence electrons. The van der Waals surface area contributed by atoms with Gasteiger partial charge in [-0.05, 0) is 24.3 Å². The Kier molecular flexibility index (Phi) is 5.46. The Morgan fingerprint density at radius 2 is 1.93 bits per heavy atom. The zero-order valence-corrected chi connectivity index (χ0v) is 16.3. The maximum Gasteiger partial charge on any atom is 0.242 e. The van der Waals surface area contributed by atoms with E-state index in [2.05, 4.69) is 15.3 Å². The minimum atomic E-state index is -0.517. The number of aryl methyl sites for hydroxylation is 1. The summed E-state index contributed by atoms with van der Waals surface area (Å²) >= 11 is 0. The SMILES string of the molecule is CNC(=O)[C@H]1C[C@H](Oc2ccccc2)CN1C(=O)CCc1nc2ccccc2[nH]1. The zero-order chi connectivity index (χ0) is 20.2. The molecule has 7 heteroatoms. The summed E-state index contributed by atoms with van der Waals surface area (Å²) in [7, 11) is 1.59. The number of likely N-dealkylation sites (N-methyl/N-ethyl adjacent to an activating group) is 1. The van der Waals surface area contributed by atoms with Crippen molar-refractivity contribution in [2.24, 2.45) is 0 Å². The predicted molar refractivity (Wildman–Crippen MR) is 109 cm³/mol. The van der Waals surface area contributed by atoms with Gasteiger partial charge in [0.1, 0.15) is 23.7 Å². The standard InChI is InChI=1S/C22H24N4O3/c1-23-22(28)19-13-16(29-15-7-3-2-4-8-15)14-26(19)21(27)12-11-20-24-17-9-5-6-10-18(17)25-20/h2-10,16,19H,11-14H2,1H3,(H,23,28)(H,24,25)/t16-,19+/m0/s1. The molecule has 0 radical (unpaired) electrons. The first-order chi connectivity index (χ1) is 14.1. The van der Waals surface area contributed by atoms with E-state index in [-0.39, 0.29) is 24.3 Å². The van der Waals surface area contributed by atoms with E-state index >= 15 is 0 Å². The smallest absolute Gasteiger partial charge is 0.242 e. The molecule has 4 rings (SSSR count). The Balaban J connectivity index is 1.42. The lowest BCUT2D eigenvalue weighted by atomic mass is 10.1. The van der Waals surface area contributed by atoms with Crippen molar-refractivity contribution in [2.45, 2.75) is 31.4 Å². The number of H-pyrrole nitrogens is 1. The van der Waals surface area contributed by atoms with Crippen LogP contribution in [0.1, 0.15) is 18.7 Å². The maximum atomic E-state index is 12.9. The molecule has 2 amide bonds. The molecule has 1 aliphatic heterocycles. The van der Waals surface area contributed by atoms with Gasteiger partial charge in [-0.1, -0.05) is 30.3 Å². The molecule has 0 aliphatic carbocycles. The van der Waals surface area contributed by atoms with Gasteiger partial charge in [0, 0.05) is 26.3 Å². The largest absolute Gasteiger partial charge is 0.488 e. The second-order valence-corrected chi connectivity index (χ2v) is 7.17. The molecule has 7 nitrogen and oxygen atoms in total. The molecular formula is C22H24N4O3. The van der Waals surface area contributed by atoms with Crippen LogP contribution in [0.5, 0.6) is 5.75 Å². The lowest BCUT2D eigenvalue weighted by molar-refractivity contribution is -0.138. The molecule has 1 aliphatic rings. The number of nitrogens with zero attached hydrogens (tertiary/aromatic N) is 2. The molecule has 0 bridgehead atoms. The van der Waals surface area contributed by atoms with Gasteiger partial charge >= 0.3 is 0 Å². The molecule has 2 atom stereocenters. The first-order valence-electron chi connectivity index (χ1n) is 9.80. The Morgan fingerprint density at radius 3 is 2.69 bits per heavy atom. The molecule has 2 aromatic carbocycles. The number of fused-ring (bicyclic) bond motifs is 1. The minimum Gasteiger partial charge on any atom is -0.488 e. The maximum absolute atomic E-state index is 12.9. The average Bonchev–Trinajstić information content (AvgIpc) is 3.36. The van der Waals surface area contributed by atoms with Crippen LogP contribution in [-0.2, 0) is 16.0 Å². The Labute approximate surface area is 169 Å². The number of amides is 2. The monoisotopic (exact) mass is 392 g/mol. The van der Waals surface area contributed by atoms with Crippen LogP contribution in [0.25, 0.3) is 11.0 Å². The summed E-state index contributed by atoms with van der Waals surface area (Å²) in [4.78, 5) is 34.6. The number of aromatic amines is 1. The van der Waals surface area contributed by atoms with Crippen molar-refractivity contribution < 1.29 is 14.3 Å². The number of nitrogens with one attached hydrogen (secondary N) is 2. The van der Waals surface area contributed by atoms with E-state index in [9.17, 15) is 9.59 Å². The molecule has 0 unspecified atom stereocenters. The van der Waals surface area contributed by atoms with Gasteiger partial charge in [0.25, 0.3) is 0 Å². The van der Waals surface area contributed by atoms with E-state index in [1.807, 2.05) is 54.6 Å². The molecule has 29 heavy (non-hydrogen) atoms. The highest BCUT2D eigenvalue weighted by Gasteiger charge is 2.40. The Bertz CT molecular complexity index is 968. The van der Waals surface area contributed by atoms with E-state index in [0.29, 0.717) is 19.4 Å². The van der Waals surface area contributed by atoms with Gasteiger partial charge in [-0.25, -0.2) is 4.98 Å². The molecule has 2 heterocycles. The molecular weight excluding hydrogens is 368 g/mol. The first-order valence-corrected chi connectivity index (χ1v) is 9.80. The van der Waals surface area contributed by atoms with Crippen LogP contribution < -0.4 is 10.1 Å². The van der Waals surface area contributed by atoms with Gasteiger partial charge in [-0.2, -0.15) is 0 Å². The normalized spacial score (nSPS) is 18.7. The van der Waals surface area contributed by atoms with Crippen LogP contribution in [0, 0.1) is 0 Å². The van der Waals surface area contributed by atoms with Crippen LogP contribution in [0.4, 0.5) is 0 Å². The molecule has 3 aromatic rings. The van der Waals surface area contributed by atoms with Crippen molar-refractivity contribution in [3.8, 4) is 5.75 Å². The lowest BCUT2D eigenvalue weighted by Crippen LogP contribution is -2.45. The molecule has 1 saturated heterocycles. The first kappa shape index (κ1) is 19.0. The number of hydrogen-bond donors (Lipinski definition) is 2. The van der Waals surface area contributed by atoms with Crippen LogP contribution >= 0.6 is 0 Å². The summed E-state index contributed by atoms with van der Waals surface area (Å²) in [5.74, 6) is 1.27. The van der Waals surface area contributed by atoms with E-state index in [0.717, 1.165) is 22.6 Å². The van der Waals surface area contributed by atoms with Crippen LogP contribution in [-0.4, -0.2) is 52.4 Å². The number of aromatic nitrogens is 2. The highest BCUT2D eigenvalue weighted by atomic mass is 16.5. The van der Waals surface area contributed by atoms with Gasteiger partial charge in [0.2, 0.25) is 11.8 Å². The average molecular weight is 392 g/mol. The van der Waals surface area contributed by atoms with Crippen molar-refractivity contribution in [2.75, 3.05) is 13.6 Å². The number of carbonyl (C=O) groups is 2. The highest BCUT2D eigenvalue weighted by Crippen LogP contribution is 2.24. The van der Waals surface area contributed by atoms with Crippen molar-refractivity contribution in [3.63, 3.8) is 0 Å². The van der Waals surface area contributed by atoms with E-state index in [1.165, 1.54) is 0 Å². The third-order valence-corrected chi connectivity index (χ3v) is 5.19. The fraction of sp³-hybridized carbons (Fsp3) is 0.318. The number of para-hydroxylation sites is 3. The number of hydrogen-bond acceptors (Lipinski definition) is 4. The van der Waals surface area contributed by atoms with Gasteiger partial charge in [-0.3, -0.25) is 9.59 Å². The number of ether oxygens (including phenoxy) is 1. The summed E-state index contributed by atoms with van der Waals surface area (Å²) in [5.41, 5.74) is 1.84. The molecule has 1 aromatic heterocycles. The van der Waals surface area contributed by atoms with Gasteiger partial charge < -0.3 is 19.9 Å². The molecule has 1 fully saturated rings. The fourth-order valence-electron chi connectivity index (χ4n) is 3.76. The summed E-state index contributed by atoms with van der Waals surface area (Å²) in [6.07, 6.45) is 1.04. The summed E-state index contributed by atoms with van der Waals surface area (Å²) in [6, 6.07) is 16.7. The van der Waals surface area contributed by atoms with Crippen molar-refractivity contribution >= 4 is 22.8 Å². The second-order valence-electron chi connectivity index (χ2n) is 7.17.